The fourth-order valence-electron chi connectivity index (χ4n) is 1.67. The summed E-state index contributed by atoms with van der Waals surface area (Å²) in [6.07, 6.45) is -7.57. The van der Waals surface area contributed by atoms with E-state index >= 15 is 0 Å². The van der Waals surface area contributed by atoms with Crippen LogP contribution in [0.4, 0.5) is 0 Å². The number of amides is 1. The van der Waals surface area contributed by atoms with E-state index in [4.69, 9.17) is 14.9 Å². The molecule has 0 aromatic rings. The molecule has 1 heterocycles. The molecule has 1 saturated heterocycles. The highest BCUT2D eigenvalue weighted by Crippen LogP contribution is 2.22. The highest BCUT2D eigenvalue weighted by molar-refractivity contribution is 6.31. The summed E-state index contributed by atoms with van der Waals surface area (Å²) in [6, 6.07) is 0. The Morgan fingerprint density at radius 2 is 1.72 bits per heavy atom. The number of hydrogen-bond acceptors (Lipinski definition) is 7. The van der Waals surface area contributed by atoms with Crippen molar-refractivity contribution in [2.24, 2.45) is 0 Å². The summed E-state index contributed by atoms with van der Waals surface area (Å²) in [5.41, 5.74) is 0. The lowest BCUT2D eigenvalue weighted by molar-refractivity contribution is -0.259. The first kappa shape index (κ1) is 14.8. The minimum Gasteiger partial charge on any atom is -0.474 e. The summed E-state index contributed by atoms with van der Waals surface area (Å²) in [7, 11) is 1.06. The standard InChI is InChI=1S/C9H15NO8/c1-10(7(15)9(16)17)8-6(14)5(13)4(12)3(2-11)18-8/h3-6,8,11-14H,2H2,1H3,(H,16,17)/t3-,4-,5+,6-,8-/m1/s1. The van der Waals surface area contributed by atoms with Crippen LogP contribution in [0.25, 0.3) is 0 Å². The van der Waals surface area contributed by atoms with Crippen LogP contribution in [0.5, 0.6) is 0 Å². The fraction of sp³-hybridized carbons (Fsp3) is 0.778. The summed E-state index contributed by atoms with van der Waals surface area (Å²) < 4.78 is 5.00. The Labute approximate surface area is 102 Å². The number of aliphatic carboxylic acids is 1. The van der Waals surface area contributed by atoms with Crippen LogP contribution in [0.3, 0.4) is 0 Å². The van der Waals surface area contributed by atoms with Crippen LogP contribution in [0.15, 0.2) is 0 Å². The van der Waals surface area contributed by atoms with Crippen molar-refractivity contribution in [2.45, 2.75) is 30.6 Å². The second-order valence-corrected chi connectivity index (χ2v) is 3.94. The van der Waals surface area contributed by atoms with Crippen molar-refractivity contribution in [2.75, 3.05) is 13.7 Å². The van der Waals surface area contributed by atoms with Crippen molar-refractivity contribution in [3.8, 4) is 0 Å². The monoisotopic (exact) mass is 265 g/mol. The number of carbonyl (C=O) groups is 2. The van der Waals surface area contributed by atoms with Gasteiger partial charge in [-0.1, -0.05) is 0 Å². The van der Waals surface area contributed by atoms with Crippen LogP contribution in [-0.2, 0) is 14.3 Å². The number of likely N-dealkylation sites (N-methyl/N-ethyl adjacent to an activating group) is 1. The second-order valence-electron chi connectivity index (χ2n) is 3.94. The minimum atomic E-state index is -1.76. The number of hydrogen-bond donors (Lipinski definition) is 5. The van der Waals surface area contributed by atoms with Crippen LogP contribution in [-0.4, -0.2) is 86.6 Å². The van der Waals surface area contributed by atoms with Crippen molar-refractivity contribution in [3.63, 3.8) is 0 Å². The molecule has 0 saturated carbocycles. The van der Waals surface area contributed by atoms with Crippen LogP contribution in [0.1, 0.15) is 0 Å². The van der Waals surface area contributed by atoms with Gasteiger partial charge in [0, 0.05) is 7.05 Å². The lowest BCUT2D eigenvalue weighted by Gasteiger charge is -2.42. The lowest BCUT2D eigenvalue weighted by Crippen LogP contribution is -2.63. The van der Waals surface area contributed by atoms with Crippen LogP contribution < -0.4 is 0 Å². The molecular formula is C9H15NO8. The zero-order valence-corrected chi connectivity index (χ0v) is 9.50. The number of rotatable bonds is 2. The Balaban J connectivity index is 2.87. The molecule has 104 valence electrons. The molecule has 0 bridgehead atoms. The average molecular weight is 265 g/mol. The second kappa shape index (κ2) is 5.59. The van der Waals surface area contributed by atoms with E-state index in [2.05, 4.69) is 0 Å². The summed E-state index contributed by atoms with van der Waals surface area (Å²) in [4.78, 5) is 22.3. The molecule has 1 fully saturated rings. The summed E-state index contributed by atoms with van der Waals surface area (Å²) in [5, 5.41) is 46.0. The normalized spacial score (nSPS) is 36.2. The third-order valence-electron chi connectivity index (χ3n) is 2.75. The van der Waals surface area contributed by atoms with Gasteiger partial charge in [-0.3, -0.25) is 4.79 Å². The van der Waals surface area contributed by atoms with Gasteiger partial charge >= 0.3 is 11.9 Å². The molecule has 9 nitrogen and oxygen atoms in total. The van der Waals surface area contributed by atoms with Gasteiger partial charge in [0.15, 0.2) is 6.23 Å². The first-order valence-corrected chi connectivity index (χ1v) is 5.11. The van der Waals surface area contributed by atoms with Gasteiger partial charge in [0.25, 0.3) is 0 Å². The van der Waals surface area contributed by atoms with Gasteiger partial charge in [0.2, 0.25) is 0 Å². The summed E-state index contributed by atoms with van der Waals surface area (Å²) >= 11 is 0. The first-order chi connectivity index (χ1) is 8.31. The summed E-state index contributed by atoms with van der Waals surface area (Å²) in [6.45, 7) is -0.656. The van der Waals surface area contributed by atoms with Crippen molar-refractivity contribution < 1.29 is 39.9 Å². The van der Waals surface area contributed by atoms with Gasteiger partial charge in [-0.15, -0.1) is 0 Å². The van der Waals surface area contributed by atoms with Crippen molar-refractivity contribution in [3.05, 3.63) is 0 Å². The van der Waals surface area contributed by atoms with Crippen molar-refractivity contribution >= 4 is 11.9 Å². The third kappa shape index (κ3) is 2.60. The van der Waals surface area contributed by atoms with E-state index in [-0.39, 0.29) is 0 Å². The number of nitrogens with zero attached hydrogens (tertiary/aromatic N) is 1. The summed E-state index contributed by atoms with van der Waals surface area (Å²) in [5.74, 6) is -3.10. The molecule has 0 spiro atoms. The van der Waals surface area contributed by atoms with E-state index in [1.54, 1.807) is 0 Å². The number of carboxylic acid groups (broad SMARTS) is 1. The Morgan fingerprint density at radius 3 is 2.17 bits per heavy atom. The van der Waals surface area contributed by atoms with E-state index in [1.807, 2.05) is 0 Å². The number of aliphatic hydroxyl groups excluding tert-OH is 4. The lowest BCUT2D eigenvalue weighted by atomic mass is 9.98. The SMILES string of the molecule is CN(C(=O)C(=O)O)[C@@H]1O[C@H](CO)[C@@H](O)[C@H](O)[C@H]1O. The maximum atomic E-state index is 11.2. The number of ether oxygens (including phenoxy) is 1. The molecule has 5 atom stereocenters. The maximum Gasteiger partial charge on any atom is 0.394 e. The number of carboxylic acids is 1. The minimum absolute atomic E-state index is 0.574. The van der Waals surface area contributed by atoms with E-state index in [0.29, 0.717) is 4.90 Å². The van der Waals surface area contributed by atoms with Gasteiger partial charge in [0.1, 0.15) is 24.4 Å². The van der Waals surface area contributed by atoms with Crippen molar-refractivity contribution in [1.29, 1.82) is 0 Å². The number of aliphatic hydroxyl groups is 4. The molecule has 0 aliphatic carbocycles. The van der Waals surface area contributed by atoms with Gasteiger partial charge in [-0.2, -0.15) is 0 Å². The molecule has 0 aromatic heterocycles. The molecule has 1 aliphatic rings. The highest BCUT2D eigenvalue weighted by atomic mass is 16.6. The fourth-order valence-corrected chi connectivity index (χ4v) is 1.67. The van der Waals surface area contributed by atoms with Gasteiger partial charge in [0.05, 0.1) is 6.61 Å². The van der Waals surface area contributed by atoms with Crippen LogP contribution in [0, 0.1) is 0 Å². The molecule has 1 rings (SSSR count). The quantitative estimate of drug-likeness (QED) is 0.321. The zero-order valence-electron chi connectivity index (χ0n) is 9.50. The topological polar surface area (TPSA) is 148 Å². The maximum absolute atomic E-state index is 11.2. The van der Waals surface area contributed by atoms with Crippen LogP contribution in [0.2, 0.25) is 0 Å². The zero-order chi connectivity index (χ0) is 14.0. The predicted octanol–water partition coefficient (Wildman–Crippen LogP) is -3.67. The van der Waals surface area contributed by atoms with Crippen LogP contribution >= 0.6 is 0 Å². The molecule has 1 aliphatic heterocycles. The number of carbonyl (C=O) groups excluding carboxylic acids is 1. The van der Waals surface area contributed by atoms with Gasteiger partial charge < -0.3 is 35.2 Å². The Kier molecular flexibility index (Phi) is 4.59. The molecular weight excluding hydrogens is 250 g/mol. The molecule has 1 amide bonds. The molecule has 5 N–H and O–H groups in total. The smallest absolute Gasteiger partial charge is 0.394 e. The highest BCUT2D eigenvalue weighted by Gasteiger charge is 2.46. The predicted molar refractivity (Wildman–Crippen MR) is 54.2 cm³/mol. The van der Waals surface area contributed by atoms with E-state index in [0.717, 1.165) is 7.05 Å². The van der Waals surface area contributed by atoms with Gasteiger partial charge in [-0.05, 0) is 0 Å². The molecule has 0 unspecified atom stereocenters. The van der Waals surface area contributed by atoms with Crippen molar-refractivity contribution in [1.82, 2.24) is 4.90 Å². The molecule has 9 heteroatoms. The van der Waals surface area contributed by atoms with E-state index in [1.165, 1.54) is 0 Å². The molecule has 18 heavy (non-hydrogen) atoms. The van der Waals surface area contributed by atoms with E-state index < -0.39 is 49.1 Å². The Bertz CT molecular complexity index is 333. The average Bonchev–Trinajstić information content (AvgIpc) is 2.34. The first-order valence-electron chi connectivity index (χ1n) is 5.11. The largest absolute Gasteiger partial charge is 0.474 e. The Hall–Kier alpha value is -1.26. The molecule has 0 aromatic carbocycles. The van der Waals surface area contributed by atoms with E-state index in [9.17, 15) is 24.9 Å². The van der Waals surface area contributed by atoms with Gasteiger partial charge in [-0.25, -0.2) is 4.79 Å². The third-order valence-corrected chi connectivity index (χ3v) is 2.75. The molecule has 0 radical (unpaired) electrons. The Morgan fingerprint density at radius 1 is 1.17 bits per heavy atom.